The van der Waals surface area contributed by atoms with Crippen molar-refractivity contribution in [2.24, 2.45) is 4.99 Å². The molecule has 1 atom stereocenters. The second kappa shape index (κ2) is 15.2. The molecule has 4 heterocycles. The Balaban J connectivity index is 1.33. The number of alkyl halides is 3. The highest BCUT2D eigenvalue weighted by Crippen LogP contribution is 2.39. The Bertz CT molecular complexity index is 2570. The van der Waals surface area contributed by atoms with Crippen LogP contribution >= 0.6 is 23.1 Å². The van der Waals surface area contributed by atoms with Crippen molar-refractivity contribution in [3.63, 3.8) is 0 Å². The highest BCUT2D eigenvalue weighted by Gasteiger charge is 2.36. The maximum absolute atomic E-state index is 14.3. The predicted octanol–water partition coefficient (Wildman–Crippen LogP) is 7.17. The quantitative estimate of drug-likeness (QED) is 0.106. The largest absolute Gasteiger partial charge is 0.493 e. The van der Waals surface area contributed by atoms with Gasteiger partial charge in [-0.3, -0.25) is 9.36 Å². The molecule has 0 saturated carbocycles. The molecule has 54 heavy (non-hydrogen) atoms. The lowest BCUT2D eigenvalue weighted by Crippen LogP contribution is -2.40. The average Bonchev–Trinajstić information content (AvgIpc) is 3.76. The van der Waals surface area contributed by atoms with E-state index in [-0.39, 0.29) is 38.4 Å². The van der Waals surface area contributed by atoms with Crippen LogP contribution in [0.25, 0.3) is 23.0 Å². The number of methoxy groups -OCH3 is 2. The number of rotatable bonds is 10. The van der Waals surface area contributed by atoms with Crippen LogP contribution in [-0.4, -0.2) is 41.3 Å². The van der Waals surface area contributed by atoms with Gasteiger partial charge in [-0.25, -0.2) is 19.8 Å². The third-order valence-electron chi connectivity index (χ3n) is 8.23. The number of carbonyl (C=O) groups is 1. The first-order chi connectivity index (χ1) is 26.1. The molecule has 274 valence electrons. The second-order valence-electron chi connectivity index (χ2n) is 11.6. The summed E-state index contributed by atoms with van der Waals surface area (Å²) in [6.07, 6.45) is -3.19. The Labute approximate surface area is 313 Å². The van der Waals surface area contributed by atoms with Crippen LogP contribution in [0, 0.1) is 0 Å². The third-order valence-corrected chi connectivity index (χ3v) is 10.00. The van der Waals surface area contributed by atoms with Gasteiger partial charge >= 0.3 is 12.1 Å². The van der Waals surface area contributed by atoms with Gasteiger partial charge in [0.05, 0.1) is 48.4 Å². The Kier molecular flexibility index (Phi) is 10.3. The van der Waals surface area contributed by atoms with Crippen LogP contribution in [0.1, 0.15) is 35.5 Å². The standard InChI is InChI=1S/C39H29F3N4O6S2/c1-4-51-36(48)32-33(23-13-9-6-10-14-23)45-38-46(34(32)24-15-17-27(49-2)28(19-24)50-3)35(47)29(53-38)20-25-16-18-31(52-25)54-37-43-26(22-11-7-5-8-12-22)21-30(44-37)39(40,41)42/h5-21,34H,4H2,1-3H3/b29-20+/t34-/m0/s1. The monoisotopic (exact) mass is 770 g/mol. The molecule has 0 spiro atoms. The zero-order chi connectivity index (χ0) is 38.0. The van der Waals surface area contributed by atoms with Gasteiger partial charge in [-0.15, -0.1) is 0 Å². The van der Waals surface area contributed by atoms with Crippen LogP contribution in [0.4, 0.5) is 13.2 Å². The van der Waals surface area contributed by atoms with E-state index in [1.807, 2.05) is 30.3 Å². The fourth-order valence-corrected chi connectivity index (χ4v) is 7.56. The van der Waals surface area contributed by atoms with Crippen molar-refractivity contribution >= 4 is 40.8 Å². The lowest BCUT2D eigenvalue weighted by Gasteiger charge is -2.26. The molecule has 7 rings (SSSR count). The molecule has 0 fully saturated rings. The normalized spacial score (nSPS) is 14.4. The summed E-state index contributed by atoms with van der Waals surface area (Å²) in [7, 11) is 2.99. The second-order valence-corrected chi connectivity index (χ2v) is 13.6. The summed E-state index contributed by atoms with van der Waals surface area (Å²) >= 11 is 1.90. The molecule has 0 amide bonds. The summed E-state index contributed by atoms with van der Waals surface area (Å²) in [6, 6.07) is 25.8. The number of aromatic nitrogens is 3. The molecule has 3 aromatic heterocycles. The topological polar surface area (TPSA) is 118 Å². The van der Waals surface area contributed by atoms with Gasteiger partial charge in [0.2, 0.25) is 0 Å². The van der Waals surface area contributed by atoms with E-state index in [9.17, 15) is 22.8 Å². The number of benzene rings is 3. The third kappa shape index (κ3) is 7.32. The molecule has 0 saturated heterocycles. The molecular formula is C39H29F3N4O6S2. The van der Waals surface area contributed by atoms with Crippen LogP contribution in [0.15, 0.2) is 127 Å². The van der Waals surface area contributed by atoms with E-state index >= 15 is 0 Å². The Morgan fingerprint density at radius 1 is 0.926 bits per heavy atom. The number of esters is 1. The van der Waals surface area contributed by atoms with Crippen LogP contribution in [-0.2, 0) is 15.7 Å². The zero-order valence-corrected chi connectivity index (χ0v) is 30.4. The van der Waals surface area contributed by atoms with Gasteiger partial charge < -0.3 is 18.6 Å². The Morgan fingerprint density at radius 3 is 2.30 bits per heavy atom. The minimum atomic E-state index is -4.70. The molecule has 0 unspecified atom stereocenters. The number of hydrogen-bond acceptors (Lipinski definition) is 11. The number of hydrogen-bond donors (Lipinski definition) is 0. The van der Waals surface area contributed by atoms with E-state index in [0.29, 0.717) is 38.7 Å². The van der Waals surface area contributed by atoms with Crippen molar-refractivity contribution in [3.05, 3.63) is 145 Å². The van der Waals surface area contributed by atoms with Gasteiger partial charge in [-0.05, 0) is 54.6 Å². The highest BCUT2D eigenvalue weighted by molar-refractivity contribution is 7.99. The first kappa shape index (κ1) is 36.4. The molecule has 6 aromatic rings. The van der Waals surface area contributed by atoms with E-state index in [2.05, 4.69) is 9.97 Å². The molecule has 10 nitrogen and oxygen atoms in total. The van der Waals surface area contributed by atoms with Crippen molar-refractivity contribution in [1.82, 2.24) is 14.5 Å². The average molecular weight is 771 g/mol. The van der Waals surface area contributed by atoms with Gasteiger partial charge in [0, 0.05) is 17.2 Å². The molecule has 1 aliphatic heterocycles. The summed E-state index contributed by atoms with van der Waals surface area (Å²) < 4.78 is 65.6. The van der Waals surface area contributed by atoms with Crippen LogP contribution in [0.3, 0.4) is 0 Å². The lowest BCUT2D eigenvalue weighted by molar-refractivity contribution is -0.141. The molecule has 15 heteroatoms. The van der Waals surface area contributed by atoms with E-state index in [4.69, 9.17) is 23.6 Å². The number of furan rings is 1. The van der Waals surface area contributed by atoms with Crippen molar-refractivity contribution < 1.29 is 36.6 Å². The van der Waals surface area contributed by atoms with Crippen molar-refractivity contribution in [3.8, 4) is 22.8 Å². The summed E-state index contributed by atoms with van der Waals surface area (Å²) in [4.78, 5) is 41.4. The van der Waals surface area contributed by atoms with E-state index in [0.717, 1.165) is 29.2 Å². The predicted molar refractivity (Wildman–Crippen MR) is 196 cm³/mol. The Hall–Kier alpha value is -5.93. The lowest BCUT2D eigenvalue weighted by atomic mass is 9.93. The van der Waals surface area contributed by atoms with Crippen LogP contribution in [0.2, 0.25) is 0 Å². The number of carbonyl (C=O) groups excluding carboxylic acids is 1. The number of halogens is 3. The Morgan fingerprint density at radius 2 is 1.63 bits per heavy atom. The SMILES string of the molecule is CCOC(=O)C1=C(c2ccccc2)N=c2s/c(=C/c3ccc(Sc4nc(-c5ccccc5)cc(C(F)(F)F)n4)o3)c(=O)n2[C@H]1c1ccc(OC)c(OC)c1. The fourth-order valence-electron chi connectivity index (χ4n) is 5.84. The van der Waals surface area contributed by atoms with Crippen LogP contribution < -0.4 is 24.4 Å². The summed E-state index contributed by atoms with van der Waals surface area (Å²) in [5.41, 5.74) is 0.726. The van der Waals surface area contributed by atoms with Crippen molar-refractivity contribution in [1.29, 1.82) is 0 Å². The maximum atomic E-state index is 14.3. The molecule has 3 aromatic carbocycles. The number of fused-ring (bicyclic) bond motifs is 1. The maximum Gasteiger partial charge on any atom is 0.433 e. The summed E-state index contributed by atoms with van der Waals surface area (Å²) in [5, 5.41) is 0.0327. The number of thiazole rings is 1. The molecule has 0 N–H and O–H groups in total. The van der Waals surface area contributed by atoms with Gasteiger partial charge in [0.15, 0.2) is 26.5 Å². The molecule has 0 aliphatic carbocycles. The number of ether oxygens (including phenoxy) is 3. The molecular weight excluding hydrogens is 742 g/mol. The fraction of sp³-hybridized carbons (Fsp3) is 0.154. The minimum Gasteiger partial charge on any atom is -0.493 e. The summed E-state index contributed by atoms with van der Waals surface area (Å²) in [5.74, 6) is 0.444. The smallest absolute Gasteiger partial charge is 0.433 e. The van der Waals surface area contributed by atoms with Gasteiger partial charge in [-0.2, -0.15) is 13.2 Å². The van der Waals surface area contributed by atoms with Crippen molar-refractivity contribution in [2.75, 3.05) is 20.8 Å². The first-order valence-electron chi connectivity index (χ1n) is 16.4. The molecule has 0 bridgehead atoms. The van der Waals surface area contributed by atoms with E-state index < -0.39 is 29.4 Å². The molecule has 0 radical (unpaired) electrons. The van der Waals surface area contributed by atoms with Gasteiger partial charge in [-0.1, -0.05) is 78.1 Å². The van der Waals surface area contributed by atoms with Crippen molar-refractivity contribution in [2.45, 2.75) is 29.4 Å². The zero-order valence-electron chi connectivity index (χ0n) is 28.8. The highest BCUT2D eigenvalue weighted by atomic mass is 32.2. The van der Waals surface area contributed by atoms with E-state index in [1.54, 1.807) is 67.6 Å². The number of nitrogens with zero attached hydrogens (tertiary/aromatic N) is 4. The minimum absolute atomic E-state index is 0.0887. The summed E-state index contributed by atoms with van der Waals surface area (Å²) in [6.45, 7) is 1.78. The molecule has 1 aliphatic rings. The van der Waals surface area contributed by atoms with Crippen LogP contribution in [0.5, 0.6) is 11.5 Å². The van der Waals surface area contributed by atoms with Gasteiger partial charge in [0.25, 0.3) is 5.56 Å². The first-order valence-corrected chi connectivity index (χ1v) is 18.0. The van der Waals surface area contributed by atoms with E-state index in [1.165, 1.54) is 24.9 Å². The van der Waals surface area contributed by atoms with Gasteiger partial charge in [0.1, 0.15) is 11.5 Å².